The van der Waals surface area contributed by atoms with E-state index in [9.17, 15) is 20.1 Å². The zero-order chi connectivity index (χ0) is 20.8. The first-order valence-corrected chi connectivity index (χ1v) is 9.98. The third-order valence-electron chi connectivity index (χ3n) is 4.44. The average molecular weight is 395 g/mol. The van der Waals surface area contributed by atoms with Crippen molar-refractivity contribution < 1.29 is 30.0 Å². The zero-order valence-electron chi connectivity index (χ0n) is 16.6. The van der Waals surface area contributed by atoms with E-state index in [4.69, 9.17) is 9.84 Å². The van der Waals surface area contributed by atoms with Crippen LogP contribution in [0.3, 0.4) is 0 Å². The first-order chi connectivity index (χ1) is 13.4. The number of hydrogen-bond donors (Lipinski definition) is 4. The number of carbonyl (C=O) groups is 1. The van der Waals surface area contributed by atoms with Gasteiger partial charge in [-0.15, -0.1) is 0 Å². The number of carboxylic acid groups (broad SMARTS) is 1. The summed E-state index contributed by atoms with van der Waals surface area (Å²) < 4.78 is 5.76. The van der Waals surface area contributed by atoms with E-state index < -0.39 is 30.4 Å². The molecule has 1 aliphatic rings. The second-order valence-electron chi connectivity index (χ2n) is 6.92. The summed E-state index contributed by atoms with van der Waals surface area (Å²) in [7, 11) is 0. The molecule has 0 bridgehead atoms. The Morgan fingerprint density at radius 1 is 1.11 bits per heavy atom. The van der Waals surface area contributed by atoms with Crippen molar-refractivity contribution in [2.75, 3.05) is 0 Å². The number of aliphatic hydroxyl groups is 3. The highest BCUT2D eigenvalue weighted by Gasteiger charge is 2.36. The minimum absolute atomic E-state index is 0.0638. The van der Waals surface area contributed by atoms with Crippen molar-refractivity contribution in [3.8, 4) is 0 Å². The molecule has 0 spiro atoms. The molecule has 1 saturated heterocycles. The van der Waals surface area contributed by atoms with Crippen LogP contribution in [0.1, 0.15) is 51.9 Å². The van der Waals surface area contributed by atoms with Crippen LogP contribution < -0.4 is 0 Å². The highest BCUT2D eigenvalue weighted by atomic mass is 16.5. The Morgan fingerprint density at radius 3 is 2.57 bits per heavy atom. The number of aliphatic carboxylic acids is 1. The van der Waals surface area contributed by atoms with Crippen LogP contribution in [0.4, 0.5) is 0 Å². The summed E-state index contributed by atoms with van der Waals surface area (Å²) >= 11 is 0. The molecule has 0 unspecified atom stereocenters. The number of allylic oxidation sites excluding steroid dienone is 4. The maximum atomic E-state index is 10.4. The number of carboxylic acids is 1. The Bertz CT molecular complexity index is 551. The lowest BCUT2D eigenvalue weighted by Gasteiger charge is -2.16. The second-order valence-corrected chi connectivity index (χ2v) is 6.92. The molecule has 1 heterocycles. The average Bonchev–Trinajstić information content (AvgIpc) is 3.03. The van der Waals surface area contributed by atoms with Gasteiger partial charge in [0.15, 0.2) is 0 Å². The summed E-state index contributed by atoms with van der Waals surface area (Å²) in [5, 5.41) is 38.8. The molecule has 6 nitrogen and oxygen atoms in total. The van der Waals surface area contributed by atoms with Crippen molar-refractivity contribution in [3.05, 3.63) is 48.6 Å². The van der Waals surface area contributed by atoms with Gasteiger partial charge in [0.05, 0.1) is 30.5 Å². The standard InChI is InChI=1S/C22H34O6/c1-2-3-4-5-6-9-12-20-19(25)16-21(28-20)18(24)15-14-17(23)11-8-7-10-13-22(26)27/h3-4,6-9,14-15,17-21,23-25H,2,5,10-13,16H2,1H3,(H,26,27)/b4-3-,8-7-,9-6-,15-14+/t17-,18-,19-,20+,21-/m1/s1. The Hall–Kier alpha value is -1.73. The van der Waals surface area contributed by atoms with Crippen LogP contribution in [0.2, 0.25) is 0 Å². The second kappa shape index (κ2) is 14.3. The van der Waals surface area contributed by atoms with Gasteiger partial charge in [-0.1, -0.05) is 55.5 Å². The Balaban J connectivity index is 2.33. The third kappa shape index (κ3) is 10.6. The van der Waals surface area contributed by atoms with Crippen LogP contribution in [0.5, 0.6) is 0 Å². The van der Waals surface area contributed by atoms with Gasteiger partial charge in [-0.05, 0) is 32.1 Å². The van der Waals surface area contributed by atoms with Crippen LogP contribution in [-0.4, -0.2) is 56.9 Å². The molecule has 28 heavy (non-hydrogen) atoms. The van der Waals surface area contributed by atoms with E-state index in [1.165, 1.54) is 12.2 Å². The Labute approximate surface area is 167 Å². The fourth-order valence-electron chi connectivity index (χ4n) is 2.87. The van der Waals surface area contributed by atoms with Gasteiger partial charge in [-0.3, -0.25) is 4.79 Å². The summed E-state index contributed by atoms with van der Waals surface area (Å²) in [5.41, 5.74) is 0. The van der Waals surface area contributed by atoms with Crippen molar-refractivity contribution in [3.63, 3.8) is 0 Å². The molecule has 5 atom stereocenters. The van der Waals surface area contributed by atoms with Gasteiger partial charge in [0.25, 0.3) is 0 Å². The lowest BCUT2D eigenvalue weighted by atomic mass is 10.0. The van der Waals surface area contributed by atoms with Gasteiger partial charge in [0, 0.05) is 12.8 Å². The van der Waals surface area contributed by atoms with Crippen molar-refractivity contribution in [2.24, 2.45) is 0 Å². The topological polar surface area (TPSA) is 107 Å². The predicted molar refractivity (Wildman–Crippen MR) is 109 cm³/mol. The van der Waals surface area contributed by atoms with Crippen molar-refractivity contribution >= 4 is 5.97 Å². The molecule has 1 fully saturated rings. The Kier molecular flexibility index (Phi) is 12.4. The van der Waals surface area contributed by atoms with E-state index in [1.807, 2.05) is 12.2 Å². The molecule has 0 amide bonds. The third-order valence-corrected chi connectivity index (χ3v) is 4.44. The van der Waals surface area contributed by atoms with Crippen molar-refractivity contribution in [1.29, 1.82) is 0 Å². The summed E-state index contributed by atoms with van der Waals surface area (Å²) in [6.07, 6.45) is 15.2. The lowest BCUT2D eigenvalue weighted by molar-refractivity contribution is -0.136. The molecular weight excluding hydrogens is 360 g/mol. The van der Waals surface area contributed by atoms with Crippen LogP contribution in [0.15, 0.2) is 48.6 Å². The minimum Gasteiger partial charge on any atom is -0.481 e. The van der Waals surface area contributed by atoms with Crippen LogP contribution in [0.25, 0.3) is 0 Å². The zero-order valence-corrected chi connectivity index (χ0v) is 16.6. The van der Waals surface area contributed by atoms with E-state index in [0.29, 0.717) is 25.7 Å². The summed E-state index contributed by atoms with van der Waals surface area (Å²) in [6, 6.07) is 0. The predicted octanol–water partition coefficient (Wildman–Crippen LogP) is 2.90. The summed E-state index contributed by atoms with van der Waals surface area (Å²) in [4.78, 5) is 10.4. The molecular formula is C22H34O6. The Morgan fingerprint density at radius 2 is 1.86 bits per heavy atom. The number of ether oxygens (including phenoxy) is 1. The summed E-state index contributed by atoms with van der Waals surface area (Å²) in [6.45, 7) is 2.08. The first-order valence-electron chi connectivity index (χ1n) is 9.98. The fourth-order valence-corrected chi connectivity index (χ4v) is 2.87. The lowest BCUT2D eigenvalue weighted by Crippen LogP contribution is -2.24. The normalized spacial score (nSPS) is 25.5. The van der Waals surface area contributed by atoms with Crippen LogP contribution >= 0.6 is 0 Å². The molecule has 4 N–H and O–H groups in total. The van der Waals surface area contributed by atoms with E-state index in [0.717, 1.165) is 12.8 Å². The van der Waals surface area contributed by atoms with Gasteiger partial charge in [-0.25, -0.2) is 0 Å². The largest absolute Gasteiger partial charge is 0.481 e. The maximum Gasteiger partial charge on any atom is 0.303 e. The molecule has 0 aromatic heterocycles. The molecule has 6 heteroatoms. The van der Waals surface area contributed by atoms with Crippen molar-refractivity contribution in [1.82, 2.24) is 0 Å². The first kappa shape index (κ1) is 24.3. The van der Waals surface area contributed by atoms with Gasteiger partial charge in [0.1, 0.15) is 0 Å². The fraction of sp³-hybridized carbons (Fsp3) is 0.591. The van der Waals surface area contributed by atoms with Gasteiger partial charge in [0.2, 0.25) is 0 Å². The molecule has 0 aromatic rings. The van der Waals surface area contributed by atoms with Gasteiger partial charge in [-0.2, -0.15) is 0 Å². The van der Waals surface area contributed by atoms with E-state index in [2.05, 4.69) is 19.1 Å². The molecule has 1 rings (SSSR count). The smallest absolute Gasteiger partial charge is 0.303 e. The van der Waals surface area contributed by atoms with Crippen LogP contribution in [-0.2, 0) is 9.53 Å². The molecule has 0 aliphatic carbocycles. The summed E-state index contributed by atoms with van der Waals surface area (Å²) in [5.74, 6) is -0.853. The molecule has 0 radical (unpaired) electrons. The van der Waals surface area contributed by atoms with Gasteiger partial charge < -0.3 is 25.2 Å². The van der Waals surface area contributed by atoms with Gasteiger partial charge >= 0.3 is 5.97 Å². The quantitative estimate of drug-likeness (QED) is 0.358. The van der Waals surface area contributed by atoms with E-state index in [1.54, 1.807) is 12.2 Å². The number of aliphatic hydroxyl groups excluding tert-OH is 3. The van der Waals surface area contributed by atoms with Crippen molar-refractivity contribution in [2.45, 2.75) is 82.4 Å². The highest BCUT2D eigenvalue weighted by molar-refractivity contribution is 5.66. The molecule has 0 saturated carbocycles. The maximum absolute atomic E-state index is 10.4. The van der Waals surface area contributed by atoms with E-state index in [-0.39, 0.29) is 12.5 Å². The molecule has 0 aromatic carbocycles. The SMILES string of the molecule is CC/C=C\C/C=C\C[C@@H]1O[C@@H]([C@H](O)/C=C/[C@H](O)C/C=C\CCC(=O)O)C[C@H]1O. The van der Waals surface area contributed by atoms with E-state index >= 15 is 0 Å². The number of rotatable bonds is 13. The van der Waals surface area contributed by atoms with Crippen LogP contribution in [0, 0.1) is 0 Å². The highest BCUT2D eigenvalue weighted by Crippen LogP contribution is 2.26. The molecule has 158 valence electrons. The minimum atomic E-state index is -0.901. The number of hydrogen-bond acceptors (Lipinski definition) is 5. The molecule has 1 aliphatic heterocycles. The monoisotopic (exact) mass is 394 g/mol.